The van der Waals surface area contributed by atoms with Crippen molar-refractivity contribution in [1.29, 1.82) is 0 Å². The van der Waals surface area contributed by atoms with E-state index in [1.807, 2.05) is 18.2 Å². The number of anilines is 1. The highest BCUT2D eigenvalue weighted by atomic mass is 35.5. The minimum Gasteiger partial charge on any atom is -0.353 e. The van der Waals surface area contributed by atoms with Crippen LogP contribution in [0.5, 0.6) is 0 Å². The Hall–Kier alpha value is -2.92. The van der Waals surface area contributed by atoms with Crippen molar-refractivity contribution < 1.29 is 0 Å². The SMILES string of the molecule is Cc1ccc(-c2nccnc2N2CC(c3nc4ccc(Cl)cc4[nH]3)C2)cc1. The van der Waals surface area contributed by atoms with E-state index in [9.17, 15) is 0 Å². The van der Waals surface area contributed by atoms with Gasteiger partial charge in [-0.3, -0.25) is 4.98 Å². The molecule has 0 bridgehead atoms. The Bertz CT molecular complexity index is 1110. The Kier molecular flexibility index (Phi) is 3.83. The molecule has 0 radical (unpaired) electrons. The van der Waals surface area contributed by atoms with Gasteiger partial charge in [0.15, 0.2) is 5.82 Å². The van der Waals surface area contributed by atoms with Gasteiger partial charge in [-0.1, -0.05) is 41.4 Å². The van der Waals surface area contributed by atoms with Gasteiger partial charge in [0.1, 0.15) is 11.5 Å². The van der Waals surface area contributed by atoms with Crippen molar-refractivity contribution in [1.82, 2.24) is 19.9 Å². The van der Waals surface area contributed by atoms with Crippen LogP contribution < -0.4 is 4.90 Å². The standard InChI is InChI=1S/C21H18ClN5/c1-13-2-4-14(5-3-13)19-21(24-9-8-23-19)27-11-15(12-27)20-25-17-7-6-16(22)10-18(17)26-20/h2-10,15H,11-12H2,1H3,(H,25,26). The van der Waals surface area contributed by atoms with Crippen molar-refractivity contribution in [2.24, 2.45) is 0 Å². The van der Waals surface area contributed by atoms with E-state index in [1.54, 1.807) is 12.4 Å². The van der Waals surface area contributed by atoms with Crippen molar-refractivity contribution >= 4 is 28.5 Å². The van der Waals surface area contributed by atoms with Crippen LogP contribution in [0.3, 0.4) is 0 Å². The molecule has 0 unspecified atom stereocenters. The summed E-state index contributed by atoms with van der Waals surface area (Å²) in [5.41, 5.74) is 5.18. The zero-order valence-electron chi connectivity index (χ0n) is 14.9. The van der Waals surface area contributed by atoms with Crippen LogP contribution in [0.15, 0.2) is 54.9 Å². The molecule has 1 aliphatic rings. The Morgan fingerprint density at radius 1 is 1.04 bits per heavy atom. The monoisotopic (exact) mass is 375 g/mol. The lowest BCUT2D eigenvalue weighted by molar-refractivity contribution is 0.501. The zero-order chi connectivity index (χ0) is 18.4. The number of aromatic nitrogens is 4. The molecule has 1 saturated heterocycles. The van der Waals surface area contributed by atoms with Crippen LogP contribution >= 0.6 is 11.6 Å². The number of H-pyrrole nitrogens is 1. The highest BCUT2D eigenvalue weighted by Crippen LogP contribution is 2.35. The van der Waals surface area contributed by atoms with E-state index in [1.165, 1.54) is 5.56 Å². The first kappa shape index (κ1) is 16.3. The molecule has 1 fully saturated rings. The van der Waals surface area contributed by atoms with Crippen molar-refractivity contribution in [2.75, 3.05) is 18.0 Å². The third-order valence-electron chi connectivity index (χ3n) is 5.03. The summed E-state index contributed by atoms with van der Waals surface area (Å²) in [5.74, 6) is 2.28. The highest BCUT2D eigenvalue weighted by Gasteiger charge is 2.33. The van der Waals surface area contributed by atoms with Crippen molar-refractivity contribution in [3.63, 3.8) is 0 Å². The van der Waals surface area contributed by atoms with Gasteiger partial charge in [0, 0.05) is 36.1 Å². The van der Waals surface area contributed by atoms with Crippen LogP contribution in [0.2, 0.25) is 5.02 Å². The van der Waals surface area contributed by atoms with E-state index in [0.717, 1.165) is 52.0 Å². The number of aromatic amines is 1. The number of imidazole rings is 1. The summed E-state index contributed by atoms with van der Waals surface area (Å²) >= 11 is 6.07. The van der Waals surface area contributed by atoms with E-state index in [-0.39, 0.29) is 0 Å². The summed E-state index contributed by atoms with van der Waals surface area (Å²) in [6.45, 7) is 3.82. The zero-order valence-corrected chi connectivity index (χ0v) is 15.6. The first-order chi connectivity index (χ1) is 13.2. The summed E-state index contributed by atoms with van der Waals surface area (Å²) in [6, 6.07) is 14.1. The third-order valence-corrected chi connectivity index (χ3v) is 5.27. The minimum absolute atomic E-state index is 0.351. The topological polar surface area (TPSA) is 57.7 Å². The molecule has 2 aromatic heterocycles. The molecule has 6 heteroatoms. The van der Waals surface area contributed by atoms with Gasteiger partial charge in [0.25, 0.3) is 0 Å². The maximum Gasteiger partial charge on any atom is 0.155 e. The molecule has 1 N–H and O–H groups in total. The molecule has 0 spiro atoms. The second-order valence-electron chi connectivity index (χ2n) is 6.98. The van der Waals surface area contributed by atoms with Crippen LogP contribution in [-0.2, 0) is 0 Å². The van der Waals surface area contributed by atoms with Crippen molar-refractivity contribution in [3.8, 4) is 11.3 Å². The molecule has 1 aliphatic heterocycles. The molecule has 5 rings (SSSR count). The minimum atomic E-state index is 0.351. The quantitative estimate of drug-likeness (QED) is 0.569. The van der Waals surface area contributed by atoms with Crippen molar-refractivity contribution in [2.45, 2.75) is 12.8 Å². The number of fused-ring (bicyclic) bond motifs is 1. The smallest absolute Gasteiger partial charge is 0.155 e. The molecule has 0 amide bonds. The molecule has 3 heterocycles. The number of hydrogen-bond acceptors (Lipinski definition) is 4. The number of benzene rings is 2. The first-order valence-electron chi connectivity index (χ1n) is 8.95. The molecule has 5 nitrogen and oxygen atoms in total. The molecular formula is C21H18ClN5. The Balaban J connectivity index is 1.39. The van der Waals surface area contributed by atoms with Gasteiger partial charge < -0.3 is 9.88 Å². The highest BCUT2D eigenvalue weighted by molar-refractivity contribution is 6.31. The number of nitrogens with one attached hydrogen (secondary N) is 1. The molecule has 134 valence electrons. The first-order valence-corrected chi connectivity index (χ1v) is 9.33. The predicted octanol–water partition coefficient (Wildman–Crippen LogP) is 4.59. The third kappa shape index (κ3) is 2.94. The second kappa shape index (κ2) is 6.35. The lowest BCUT2D eigenvalue weighted by Gasteiger charge is -2.39. The summed E-state index contributed by atoms with van der Waals surface area (Å²) in [5, 5.41) is 0.718. The lowest BCUT2D eigenvalue weighted by Crippen LogP contribution is -2.46. The van der Waals surface area contributed by atoms with Crippen LogP contribution in [0.1, 0.15) is 17.3 Å². The number of halogens is 1. The summed E-state index contributed by atoms with van der Waals surface area (Å²) < 4.78 is 0. The molecule has 2 aromatic carbocycles. The normalized spacial score (nSPS) is 14.5. The van der Waals surface area contributed by atoms with Crippen LogP contribution in [0.25, 0.3) is 22.3 Å². The number of hydrogen-bond donors (Lipinski definition) is 1. The molecule has 27 heavy (non-hydrogen) atoms. The fourth-order valence-electron chi connectivity index (χ4n) is 3.50. The molecule has 0 atom stereocenters. The van der Waals surface area contributed by atoms with Gasteiger partial charge in [-0.25, -0.2) is 9.97 Å². The fourth-order valence-corrected chi connectivity index (χ4v) is 3.67. The van der Waals surface area contributed by atoms with Crippen LogP contribution in [0, 0.1) is 6.92 Å². The second-order valence-corrected chi connectivity index (χ2v) is 7.42. The summed E-state index contributed by atoms with van der Waals surface area (Å²) in [7, 11) is 0. The van der Waals surface area contributed by atoms with E-state index >= 15 is 0 Å². The van der Waals surface area contributed by atoms with Gasteiger partial charge in [0.05, 0.1) is 17.0 Å². The molecule has 4 aromatic rings. The molecule has 0 saturated carbocycles. The number of aryl methyl sites for hydroxylation is 1. The van der Waals surface area contributed by atoms with Gasteiger partial charge in [-0.15, -0.1) is 0 Å². The van der Waals surface area contributed by atoms with E-state index in [2.05, 4.69) is 51.0 Å². The predicted molar refractivity (Wildman–Crippen MR) is 108 cm³/mol. The van der Waals surface area contributed by atoms with Crippen LogP contribution in [-0.4, -0.2) is 33.0 Å². The Morgan fingerprint density at radius 3 is 2.63 bits per heavy atom. The van der Waals surface area contributed by atoms with Gasteiger partial charge in [-0.05, 0) is 25.1 Å². The maximum atomic E-state index is 6.07. The van der Waals surface area contributed by atoms with E-state index in [4.69, 9.17) is 16.6 Å². The molecule has 0 aliphatic carbocycles. The fraction of sp³-hybridized carbons (Fsp3) is 0.190. The number of rotatable bonds is 3. The van der Waals surface area contributed by atoms with Crippen molar-refractivity contribution in [3.05, 3.63) is 71.3 Å². The van der Waals surface area contributed by atoms with Crippen LogP contribution in [0.4, 0.5) is 5.82 Å². The lowest BCUT2D eigenvalue weighted by atomic mass is 9.98. The maximum absolute atomic E-state index is 6.07. The Labute approximate surface area is 162 Å². The summed E-state index contributed by atoms with van der Waals surface area (Å²) in [6.07, 6.45) is 3.50. The largest absolute Gasteiger partial charge is 0.353 e. The Morgan fingerprint density at radius 2 is 1.81 bits per heavy atom. The average molecular weight is 376 g/mol. The van der Waals surface area contributed by atoms with E-state index < -0.39 is 0 Å². The number of nitrogens with zero attached hydrogens (tertiary/aromatic N) is 4. The van der Waals surface area contributed by atoms with E-state index in [0.29, 0.717) is 5.92 Å². The molecular weight excluding hydrogens is 358 g/mol. The van der Waals surface area contributed by atoms with Gasteiger partial charge >= 0.3 is 0 Å². The van der Waals surface area contributed by atoms with Gasteiger partial charge in [0.2, 0.25) is 0 Å². The summed E-state index contributed by atoms with van der Waals surface area (Å²) in [4.78, 5) is 19.6. The average Bonchev–Trinajstić information content (AvgIpc) is 3.04. The van der Waals surface area contributed by atoms with Gasteiger partial charge in [-0.2, -0.15) is 0 Å².